The largest absolute Gasteiger partial charge is 0.489 e. The van der Waals surface area contributed by atoms with E-state index < -0.39 is 12.0 Å². The lowest BCUT2D eigenvalue weighted by Gasteiger charge is -2.38. The molecule has 2 aliphatic heterocycles. The summed E-state index contributed by atoms with van der Waals surface area (Å²) in [6.07, 6.45) is 1.79. The highest BCUT2D eigenvalue weighted by Gasteiger charge is 2.33. The van der Waals surface area contributed by atoms with Crippen molar-refractivity contribution >= 4 is 22.8 Å². The minimum atomic E-state index is -0.877. The number of fused-ring (bicyclic) bond motifs is 1. The lowest BCUT2D eigenvalue weighted by molar-refractivity contribution is -0.145. The highest BCUT2D eigenvalue weighted by Crippen LogP contribution is 2.31. The number of rotatable bonds is 8. The number of morpholine rings is 1. The van der Waals surface area contributed by atoms with Gasteiger partial charge in [-0.15, -0.1) is 0 Å². The SMILES string of the molecule is O=C(O)[C@H](c1c[nH]c2cc(OCc3ccccc3)ccc12)N1CCN(CC(=O)N2CCOCC2)CC1. The van der Waals surface area contributed by atoms with Gasteiger partial charge in [0.15, 0.2) is 0 Å². The van der Waals surface area contributed by atoms with Gasteiger partial charge in [0.25, 0.3) is 0 Å². The van der Waals surface area contributed by atoms with Crippen molar-refractivity contribution in [1.82, 2.24) is 19.7 Å². The van der Waals surface area contributed by atoms with E-state index in [4.69, 9.17) is 9.47 Å². The molecule has 0 saturated carbocycles. The first-order valence-electron chi connectivity index (χ1n) is 12.4. The van der Waals surface area contributed by atoms with Crippen LogP contribution < -0.4 is 4.74 Å². The van der Waals surface area contributed by atoms with E-state index in [0.29, 0.717) is 65.6 Å². The summed E-state index contributed by atoms with van der Waals surface area (Å²) in [5.41, 5.74) is 2.67. The molecule has 2 aromatic carbocycles. The minimum Gasteiger partial charge on any atom is -0.489 e. The Hall–Kier alpha value is -3.40. The fraction of sp³-hybridized carbons (Fsp3) is 0.407. The van der Waals surface area contributed by atoms with Gasteiger partial charge in [-0.25, -0.2) is 0 Å². The Bertz CT molecular complexity index is 1180. The van der Waals surface area contributed by atoms with Crippen LogP contribution in [0.25, 0.3) is 10.9 Å². The molecule has 9 nitrogen and oxygen atoms in total. The number of nitrogens with zero attached hydrogens (tertiary/aromatic N) is 3. The average Bonchev–Trinajstić information content (AvgIpc) is 3.32. The van der Waals surface area contributed by atoms with Gasteiger partial charge < -0.3 is 24.5 Å². The normalized spacial score (nSPS) is 18.3. The van der Waals surface area contributed by atoms with Crippen molar-refractivity contribution < 1.29 is 24.2 Å². The van der Waals surface area contributed by atoms with Gasteiger partial charge >= 0.3 is 5.97 Å². The van der Waals surface area contributed by atoms with Crippen LogP contribution in [0.3, 0.4) is 0 Å². The van der Waals surface area contributed by atoms with E-state index in [9.17, 15) is 14.7 Å². The first kappa shape index (κ1) is 24.3. The second-order valence-electron chi connectivity index (χ2n) is 9.27. The highest BCUT2D eigenvalue weighted by atomic mass is 16.5. The monoisotopic (exact) mass is 492 g/mol. The van der Waals surface area contributed by atoms with Crippen molar-refractivity contribution in [3.63, 3.8) is 0 Å². The quantitative estimate of drug-likeness (QED) is 0.498. The molecule has 0 bridgehead atoms. The van der Waals surface area contributed by atoms with E-state index in [-0.39, 0.29) is 5.91 Å². The van der Waals surface area contributed by atoms with E-state index >= 15 is 0 Å². The minimum absolute atomic E-state index is 0.114. The number of aromatic nitrogens is 1. The van der Waals surface area contributed by atoms with Gasteiger partial charge in [0, 0.05) is 68.0 Å². The number of H-pyrrole nitrogens is 1. The number of carbonyl (C=O) groups excluding carboxylic acids is 1. The summed E-state index contributed by atoms with van der Waals surface area (Å²) in [7, 11) is 0. The van der Waals surface area contributed by atoms with Gasteiger partial charge in [-0.1, -0.05) is 30.3 Å². The molecule has 9 heteroatoms. The van der Waals surface area contributed by atoms with Gasteiger partial charge in [-0.3, -0.25) is 19.4 Å². The molecule has 0 radical (unpaired) electrons. The van der Waals surface area contributed by atoms with Crippen LogP contribution in [0, 0.1) is 0 Å². The summed E-state index contributed by atoms with van der Waals surface area (Å²) >= 11 is 0. The summed E-state index contributed by atoms with van der Waals surface area (Å²) in [5, 5.41) is 11.0. The van der Waals surface area contributed by atoms with Gasteiger partial charge in [-0.05, 0) is 17.7 Å². The number of carboxylic acids is 1. The van der Waals surface area contributed by atoms with Crippen molar-refractivity contribution in [3.8, 4) is 5.75 Å². The molecule has 0 aliphatic carbocycles. The molecule has 2 saturated heterocycles. The van der Waals surface area contributed by atoms with Crippen molar-refractivity contribution in [1.29, 1.82) is 0 Å². The van der Waals surface area contributed by atoms with Crippen LogP contribution in [0.4, 0.5) is 0 Å². The number of ether oxygens (including phenoxy) is 2. The number of aliphatic carboxylic acids is 1. The number of hydrogen-bond acceptors (Lipinski definition) is 6. The van der Waals surface area contributed by atoms with Crippen LogP contribution in [-0.4, -0.2) is 95.7 Å². The third-order valence-corrected chi connectivity index (χ3v) is 6.96. The van der Waals surface area contributed by atoms with Crippen molar-refractivity contribution in [2.45, 2.75) is 12.6 Å². The molecule has 1 aromatic heterocycles. The Balaban J connectivity index is 1.22. The maximum absolute atomic E-state index is 12.6. The molecule has 36 heavy (non-hydrogen) atoms. The number of carbonyl (C=O) groups is 2. The molecule has 2 N–H and O–H groups in total. The van der Waals surface area contributed by atoms with Crippen molar-refractivity contribution in [2.24, 2.45) is 0 Å². The number of piperazine rings is 1. The van der Waals surface area contributed by atoms with E-state index in [1.54, 1.807) is 6.20 Å². The van der Waals surface area contributed by atoms with Crippen LogP contribution in [0.5, 0.6) is 5.75 Å². The van der Waals surface area contributed by atoms with Gasteiger partial charge in [0.2, 0.25) is 5.91 Å². The van der Waals surface area contributed by atoms with Crippen molar-refractivity contribution in [2.75, 3.05) is 59.0 Å². The molecule has 2 fully saturated rings. The first-order chi connectivity index (χ1) is 17.6. The standard InChI is InChI=1S/C27H32N4O5/c32-25(30-12-14-35-15-13-30)18-29-8-10-31(11-9-29)26(27(33)34)23-17-28-24-16-21(6-7-22(23)24)36-19-20-4-2-1-3-5-20/h1-7,16-17,26,28H,8-15,18-19H2,(H,33,34)/t26-/m0/s1. The third-order valence-electron chi connectivity index (χ3n) is 6.96. The second-order valence-corrected chi connectivity index (χ2v) is 9.27. The van der Waals surface area contributed by atoms with Crippen LogP contribution >= 0.6 is 0 Å². The summed E-state index contributed by atoms with van der Waals surface area (Å²) in [6, 6.07) is 14.9. The molecular weight excluding hydrogens is 460 g/mol. The number of aromatic amines is 1. The highest BCUT2D eigenvalue weighted by molar-refractivity contribution is 5.90. The lowest BCUT2D eigenvalue weighted by Crippen LogP contribution is -2.52. The summed E-state index contributed by atoms with van der Waals surface area (Å²) < 4.78 is 11.3. The zero-order valence-electron chi connectivity index (χ0n) is 20.3. The van der Waals surface area contributed by atoms with Crippen molar-refractivity contribution in [3.05, 3.63) is 65.9 Å². The fourth-order valence-corrected chi connectivity index (χ4v) is 4.95. The summed E-state index contributed by atoms with van der Waals surface area (Å²) in [5.74, 6) is -0.0354. The number of amides is 1. The molecule has 2 aliphatic rings. The Morgan fingerprint density at radius 2 is 1.75 bits per heavy atom. The molecule has 0 spiro atoms. The molecule has 1 amide bonds. The zero-order chi connectivity index (χ0) is 24.9. The van der Waals surface area contributed by atoms with E-state index in [0.717, 1.165) is 27.8 Å². The number of nitrogens with one attached hydrogen (secondary N) is 1. The fourth-order valence-electron chi connectivity index (χ4n) is 4.95. The second kappa shape index (κ2) is 11.1. The Morgan fingerprint density at radius 3 is 2.47 bits per heavy atom. The predicted octanol–water partition coefficient (Wildman–Crippen LogP) is 2.35. The first-order valence-corrected chi connectivity index (χ1v) is 12.4. The molecular formula is C27H32N4O5. The van der Waals surface area contributed by atoms with Crippen LogP contribution in [0.15, 0.2) is 54.7 Å². The van der Waals surface area contributed by atoms with Crippen LogP contribution in [0.1, 0.15) is 17.2 Å². The van der Waals surface area contributed by atoms with Gasteiger partial charge in [-0.2, -0.15) is 0 Å². The predicted molar refractivity (Wildman–Crippen MR) is 135 cm³/mol. The molecule has 3 heterocycles. The van der Waals surface area contributed by atoms with Gasteiger partial charge in [0.05, 0.1) is 19.8 Å². The van der Waals surface area contributed by atoms with E-state index in [1.807, 2.05) is 58.3 Å². The smallest absolute Gasteiger partial charge is 0.325 e. The Labute approximate surface area is 210 Å². The Kier molecular flexibility index (Phi) is 7.50. The molecule has 1 atom stereocenters. The molecule has 5 rings (SSSR count). The summed E-state index contributed by atoms with van der Waals surface area (Å²) in [4.78, 5) is 34.1. The lowest BCUT2D eigenvalue weighted by atomic mass is 10.0. The summed E-state index contributed by atoms with van der Waals surface area (Å²) in [6.45, 7) is 5.76. The van der Waals surface area contributed by atoms with Gasteiger partial charge in [0.1, 0.15) is 18.4 Å². The van der Waals surface area contributed by atoms with E-state index in [2.05, 4.69) is 9.88 Å². The molecule has 190 valence electrons. The number of hydrogen-bond donors (Lipinski definition) is 2. The topological polar surface area (TPSA) is 98.3 Å². The number of benzene rings is 2. The van der Waals surface area contributed by atoms with Crippen LogP contribution in [-0.2, 0) is 20.9 Å². The van der Waals surface area contributed by atoms with E-state index in [1.165, 1.54) is 0 Å². The maximum atomic E-state index is 12.6. The average molecular weight is 493 g/mol. The number of carboxylic acid groups (broad SMARTS) is 1. The van der Waals surface area contributed by atoms with Crippen LogP contribution in [0.2, 0.25) is 0 Å². The maximum Gasteiger partial charge on any atom is 0.325 e. The Morgan fingerprint density at radius 1 is 1.00 bits per heavy atom. The molecule has 0 unspecified atom stereocenters. The zero-order valence-corrected chi connectivity index (χ0v) is 20.3. The third kappa shape index (κ3) is 5.53. The molecule has 3 aromatic rings.